The van der Waals surface area contributed by atoms with Gasteiger partial charge in [0.2, 0.25) is 0 Å². The maximum absolute atomic E-state index is 10.4. The van der Waals surface area contributed by atoms with Crippen LogP contribution in [0.15, 0.2) is 24.3 Å². The van der Waals surface area contributed by atoms with Crippen molar-refractivity contribution in [2.24, 2.45) is 0 Å². The van der Waals surface area contributed by atoms with Crippen LogP contribution in [0.2, 0.25) is 0 Å². The molecule has 4 nitrogen and oxygen atoms in total. The van der Waals surface area contributed by atoms with Crippen LogP contribution in [0.4, 0.5) is 0 Å². The van der Waals surface area contributed by atoms with Crippen LogP contribution in [0.1, 0.15) is 25.8 Å². The molecule has 17 heavy (non-hydrogen) atoms. The molecule has 94 valence electrons. The van der Waals surface area contributed by atoms with Gasteiger partial charge >= 0.3 is 5.97 Å². The largest absolute Gasteiger partial charge is 0.482 e. The van der Waals surface area contributed by atoms with Gasteiger partial charge in [-0.2, -0.15) is 0 Å². The molecule has 0 saturated heterocycles. The minimum Gasteiger partial charge on any atom is -0.482 e. The maximum atomic E-state index is 10.4. The van der Waals surface area contributed by atoms with Gasteiger partial charge < -0.3 is 15.2 Å². The van der Waals surface area contributed by atoms with Crippen molar-refractivity contribution in [3.63, 3.8) is 0 Å². The molecule has 0 radical (unpaired) electrons. The second kappa shape index (κ2) is 6.91. The summed E-state index contributed by atoms with van der Waals surface area (Å²) in [7, 11) is 0. The Morgan fingerprint density at radius 2 is 2.29 bits per heavy atom. The van der Waals surface area contributed by atoms with E-state index in [4.69, 9.17) is 9.84 Å². The summed E-state index contributed by atoms with van der Waals surface area (Å²) in [6.45, 7) is 4.72. The van der Waals surface area contributed by atoms with Gasteiger partial charge in [-0.15, -0.1) is 0 Å². The summed E-state index contributed by atoms with van der Waals surface area (Å²) in [5.74, 6) is -0.371. The van der Waals surface area contributed by atoms with E-state index in [1.807, 2.05) is 18.2 Å². The monoisotopic (exact) mass is 237 g/mol. The molecule has 0 aliphatic carbocycles. The lowest BCUT2D eigenvalue weighted by molar-refractivity contribution is -0.139. The van der Waals surface area contributed by atoms with Gasteiger partial charge in [0.15, 0.2) is 6.61 Å². The Morgan fingerprint density at radius 3 is 2.94 bits per heavy atom. The summed E-state index contributed by atoms with van der Waals surface area (Å²) >= 11 is 0. The van der Waals surface area contributed by atoms with Crippen LogP contribution in [0.5, 0.6) is 5.75 Å². The maximum Gasteiger partial charge on any atom is 0.341 e. The van der Waals surface area contributed by atoms with Crippen LogP contribution in [0, 0.1) is 0 Å². The zero-order chi connectivity index (χ0) is 12.7. The Labute approximate surface area is 102 Å². The van der Waals surface area contributed by atoms with Crippen molar-refractivity contribution in [3.05, 3.63) is 29.8 Å². The van der Waals surface area contributed by atoms with Crippen molar-refractivity contribution in [3.8, 4) is 5.75 Å². The molecule has 0 bridgehead atoms. The minimum atomic E-state index is -0.965. The molecule has 1 atom stereocenters. The van der Waals surface area contributed by atoms with Gasteiger partial charge in [0.05, 0.1) is 0 Å². The molecule has 0 aliphatic rings. The van der Waals surface area contributed by atoms with E-state index in [2.05, 4.69) is 19.2 Å². The molecule has 0 heterocycles. The highest BCUT2D eigenvalue weighted by Gasteiger charge is 2.02. The van der Waals surface area contributed by atoms with Gasteiger partial charge in [-0.3, -0.25) is 0 Å². The zero-order valence-corrected chi connectivity index (χ0v) is 10.3. The van der Waals surface area contributed by atoms with Crippen LogP contribution in [-0.4, -0.2) is 23.7 Å². The van der Waals surface area contributed by atoms with Crippen LogP contribution in [0.3, 0.4) is 0 Å². The Hall–Kier alpha value is -1.55. The second-order valence-corrected chi connectivity index (χ2v) is 4.02. The summed E-state index contributed by atoms with van der Waals surface area (Å²) in [5, 5.41) is 11.9. The molecule has 2 N–H and O–H groups in total. The molecule has 1 aromatic rings. The van der Waals surface area contributed by atoms with Crippen molar-refractivity contribution >= 4 is 5.97 Å². The van der Waals surface area contributed by atoms with E-state index >= 15 is 0 Å². The first-order valence-electron chi connectivity index (χ1n) is 5.78. The summed E-state index contributed by atoms with van der Waals surface area (Å²) in [6, 6.07) is 7.94. The molecule has 1 rings (SSSR count). The smallest absolute Gasteiger partial charge is 0.341 e. The molecule has 0 fully saturated rings. The molecule has 0 amide bonds. The lowest BCUT2D eigenvalue weighted by atomic mass is 10.2. The van der Waals surface area contributed by atoms with E-state index in [-0.39, 0.29) is 6.61 Å². The van der Waals surface area contributed by atoms with Crippen LogP contribution in [0.25, 0.3) is 0 Å². The number of aliphatic carboxylic acids is 1. The number of carbonyl (C=O) groups is 1. The first kappa shape index (κ1) is 13.5. The lowest BCUT2D eigenvalue weighted by Gasteiger charge is -2.12. The molecule has 4 heteroatoms. The van der Waals surface area contributed by atoms with E-state index in [0.29, 0.717) is 11.8 Å². The third kappa shape index (κ3) is 5.36. The molecular weight excluding hydrogens is 218 g/mol. The number of nitrogens with one attached hydrogen (secondary N) is 1. The van der Waals surface area contributed by atoms with Gasteiger partial charge in [0.1, 0.15) is 5.75 Å². The first-order chi connectivity index (χ1) is 8.11. The number of rotatable bonds is 7. The molecule has 0 spiro atoms. The highest BCUT2D eigenvalue weighted by molar-refractivity contribution is 5.68. The zero-order valence-electron chi connectivity index (χ0n) is 10.3. The lowest BCUT2D eigenvalue weighted by Crippen LogP contribution is -2.24. The predicted molar refractivity (Wildman–Crippen MR) is 66.2 cm³/mol. The van der Waals surface area contributed by atoms with E-state index in [1.54, 1.807) is 6.07 Å². The van der Waals surface area contributed by atoms with Crippen LogP contribution < -0.4 is 10.1 Å². The van der Waals surface area contributed by atoms with E-state index < -0.39 is 5.97 Å². The number of carboxylic acid groups (broad SMARTS) is 1. The predicted octanol–water partition coefficient (Wildman–Crippen LogP) is 2.04. The van der Waals surface area contributed by atoms with Crippen LogP contribution in [-0.2, 0) is 11.3 Å². The number of hydrogen-bond acceptors (Lipinski definition) is 3. The molecule has 0 aliphatic heterocycles. The number of ether oxygens (including phenoxy) is 1. The Balaban J connectivity index is 2.50. The minimum absolute atomic E-state index is 0.303. The molecule has 0 aromatic heterocycles. The fourth-order valence-corrected chi connectivity index (χ4v) is 1.33. The average molecular weight is 237 g/mol. The molecular formula is C13H19NO3. The Kier molecular flexibility index (Phi) is 5.49. The second-order valence-electron chi connectivity index (χ2n) is 4.02. The van der Waals surface area contributed by atoms with Crippen molar-refractivity contribution < 1.29 is 14.6 Å². The van der Waals surface area contributed by atoms with E-state index in [9.17, 15) is 4.79 Å². The van der Waals surface area contributed by atoms with E-state index in [1.165, 1.54) is 0 Å². The normalized spacial score (nSPS) is 12.1. The Bertz CT molecular complexity index is 365. The van der Waals surface area contributed by atoms with Gasteiger partial charge in [0.25, 0.3) is 0 Å². The first-order valence-corrected chi connectivity index (χ1v) is 5.78. The van der Waals surface area contributed by atoms with Crippen molar-refractivity contribution in [1.29, 1.82) is 0 Å². The molecule has 0 unspecified atom stereocenters. The summed E-state index contributed by atoms with van der Waals surface area (Å²) in [5.41, 5.74) is 1.09. The number of hydrogen-bond donors (Lipinski definition) is 2. The quantitative estimate of drug-likeness (QED) is 0.762. The fraction of sp³-hybridized carbons (Fsp3) is 0.462. The SMILES string of the molecule is CC[C@@H](C)NCc1cccc(OCC(=O)O)c1. The van der Waals surface area contributed by atoms with Gasteiger partial charge in [-0.25, -0.2) is 4.79 Å². The van der Waals surface area contributed by atoms with Gasteiger partial charge in [-0.1, -0.05) is 19.1 Å². The van der Waals surface area contributed by atoms with Crippen molar-refractivity contribution in [2.75, 3.05) is 6.61 Å². The van der Waals surface area contributed by atoms with Gasteiger partial charge in [-0.05, 0) is 31.0 Å². The summed E-state index contributed by atoms with van der Waals surface area (Å²) < 4.78 is 5.11. The standard InChI is InChI=1S/C13H19NO3/c1-3-10(2)14-8-11-5-4-6-12(7-11)17-9-13(15)16/h4-7,10,14H,3,8-9H2,1-2H3,(H,15,16)/t10-/m1/s1. The number of benzene rings is 1. The third-order valence-corrected chi connectivity index (χ3v) is 2.53. The number of carboxylic acids is 1. The third-order valence-electron chi connectivity index (χ3n) is 2.53. The van der Waals surface area contributed by atoms with Crippen molar-refractivity contribution in [2.45, 2.75) is 32.9 Å². The highest BCUT2D eigenvalue weighted by Crippen LogP contribution is 2.13. The summed E-state index contributed by atoms with van der Waals surface area (Å²) in [4.78, 5) is 10.4. The highest BCUT2D eigenvalue weighted by atomic mass is 16.5. The topological polar surface area (TPSA) is 58.6 Å². The van der Waals surface area contributed by atoms with Gasteiger partial charge in [0, 0.05) is 12.6 Å². The van der Waals surface area contributed by atoms with Crippen LogP contribution >= 0.6 is 0 Å². The Morgan fingerprint density at radius 1 is 1.53 bits per heavy atom. The fourth-order valence-electron chi connectivity index (χ4n) is 1.33. The summed E-state index contributed by atoms with van der Waals surface area (Å²) in [6.07, 6.45) is 1.08. The van der Waals surface area contributed by atoms with E-state index in [0.717, 1.165) is 18.5 Å². The average Bonchev–Trinajstić information content (AvgIpc) is 2.34. The molecule has 0 saturated carbocycles. The molecule has 1 aromatic carbocycles. The van der Waals surface area contributed by atoms with Crippen molar-refractivity contribution in [1.82, 2.24) is 5.32 Å².